The Labute approximate surface area is 168 Å². The summed E-state index contributed by atoms with van der Waals surface area (Å²) < 4.78 is 10.5. The first kappa shape index (κ1) is 23.9. The van der Waals surface area contributed by atoms with E-state index in [0.29, 0.717) is 19.5 Å². The second kappa shape index (κ2) is 15.2. The third kappa shape index (κ3) is 12.0. The van der Waals surface area contributed by atoms with Crippen LogP contribution in [-0.2, 0) is 11.3 Å². The molecule has 0 aliphatic rings. The van der Waals surface area contributed by atoms with Crippen molar-refractivity contribution in [2.75, 3.05) is 33.4 Å². The number of aliphatic hydroxyl groups excluding tert-OH is 1. The van der Waals surface area contributed by atoms with Crippen LogP contribution in [0.1, 0.15) is 32.3 Å². The molecule has 3 N–H and O–H groups in total. The van der Waals surface area contributed by atoms with E-state index in [4.69, 9.17) is 9.47 Å². The number of nitrogens with zero attached hydrogens (tertiary/aromatic N) is 1. The smallest absolute Gasteiger partial charge is 0.191 e. The Morgan fingerprint density at radius 2 is 1.88 bits per heavy atom. The van der Waals surface area contributed by atoms with Gasteiger partial charge in [-0.3, -0.25) is 0 Å². The fourth-order valence-electron chi connectivity index (χ4n) is 2.00. The SMILES string of the molecule is CCOCCCNC(=NCc1ccc(OC)cc1)NCCC(C)O.I. The van der Waals surface area contributed by atoms with Gasteiger partial charge in [0.1, 0.15) is 5.75 Å². The van der Waals surface area contributed by atoms with E-state index in [9.17, 15) is 5.11 Å². The zero-order valence-electron chi connectivity index (χ0n) is 15.5. The Balaban J connectivity index is 0.00000576. The monoisotopic (exact) mass is 465 g/mol. The summed E-state index contributed by atoms with van der Waals surface area (Å²) in [6, 6.07) is 7.87. The summed E-state index contributed by atoms with van der Waals surface area (Å²) in [7, 11) is 1.66. The number of aliphatic imine (C=N–C) groups is 1. The van der Waals surface area contributed by atoms with Gasteiger partial charge in [0.2, 0.25) is 0 Å². The number of hydrogen-bond acceptors (Lipinski definition) is 4. The lowest BCUT2D eigenvalue weighted by Crippen LogP contribution is -2.39. The van der Waals surface area contributed by atoms with Gasteiger partial charge in [0.15, 0.2) is 5.96 Å². The number of aliphatic hydroxyl groups is 1. The molecule has 7 heteroatoms. The molecular weight excluding hydrogens is 433 g/mol. The molecule has 1 unspecified atom stereocenters. The molecule has 0 heterocycles. The van der Waals surface area contributed by atoms with Gasteiger partial charge in [0.05, 0.1) is 19.8 Å². The zero-order chi connectivity index (χ0) is 17.6. The molecule has 0 saturated heterocycles. The number of guanidine groups is 1. The minimum Gasteiger partial charge on any atom is -0.497 e. The van der Waals surface area contributed by atoms with Gasteiger partial charge in [-0.2, -0.15) is 0 Å². The van der Waals surface area contributed by atoms with Crippen LogP contribution in [0.4, 0.5) is 0 Å². The normalized spacial score (nSPS) is 12.2. The van der Waals surface area contributed by atoms with Gasteiger partial charge in [-0.1, -0.05) is 12.1 Å². The molecule has 0 aliphatic heterocycles. The molecule has 6 nitrogen and oxygen atoms in total. The highest BCUT2D eigenvalue weighted by molar-refractivity contribution is 14.0. The van der Waals surface area contributed by atoms with Crippen LogP contribution in [0.5, 0.6) is 5.75 Å². The average molecular weight is 465 g/mol. The minimum atomic E-state index is -0.321. The molecule has 25 heavy (non-hydrogen) atoms. The minimum absolute atomic E-state index is 0. The topological polar surface area (TPSA) is 75.1 Å². The third-order valence-corrected chi connectivity index (χ3v) is 3.40. The number of hydrogen-bond donors (Lipinski definition) is 3. The fourth-order valence-corrected chi connectivity index (χ4v) is 2.00. The summed E-state index contributed by atoms with van der Waals surface area (Å²) >= 11 is 0. The van der Waals surface area contributed by atoms with Crippen molar-refractivity contribution >= 4 is 29.9 Å². The molecule has 1 rings (SSSR count). The van der Waals surface area contributed by atoms with E-state index in [1.54, 1.807) is 14.0 Å². The molecule has 1 aromatic carbocycles. The molecule has 0 saturated carbocycles. The van der Waals surface area contributed by atoms with Gasteiger partial charge in [-0.05, 0) is 44.4 Å². The Bertz CT molecular complexity index is 467. The highest BCUT2D eigenvalue weighted by Gasteiger charge is 2.01. The summed E-state index contributed by atoms with van der Waals surface area (Å²) in [4.78, 5) is 4.60. The van der Waals surface area contributed by atoms with E-state index >= 15 is 0 Å². The first-order chi connectivity index (χ1) is 11.7. The molecular formula is C18H32IN3O3. The number of rotatable bonds is 11. The van der Waals surface area contributed by atoms with Gasteiger partial charge in [-0.25, -0.2) is 4.99 Å². The van der Waals surface area contributed by atoms with Gasteiger partial charge < -0.3 is 25.2 Å². The number of halogens is 1. The van der Waals surface area contributed by atoms with Crippen molar-refractivity contribution in [1.82, 2.24) is 10.6 Å². The second-order valence-corrected chi connectivity index (χ2v) is 5.55. The lowest BCUT2D eigenvalue weighted by Gasteiger charge is -2.13. The van der Waals surface area contributed by atoms with Crippen LogP contribution in [0.25, 0.3) is 0 Å². The molecule has 0 spiro atoms. The largest absolute Gasteiger partial charge is 0.497 e. The van der Waals surface area contributed by atoms with Gasteiger partial charge in [0, 0.05) is 26.3 Å². The number of nitrogens with one attached hydrogen (secondary N) is 2. The Hall–Kier alpha value is -1.06. The van der Waals surface area contributed by atoms with E-state index in [1.165, 1.54) is 0 Å². The van der Waals surface area contributed by atoms with E-state index in [-0.39, 0.29) is 30.1 Å². The van der Waals surface area contributed by atoms with Crippen molar-refractivity contribution in [2.45, 2.75) is 39.3 Å². The lowest BCUT2D eigenvalue weighted by molar-refractivity contribution is 0.145. The summed E-state index contributed by atoms with van der Waals surface area (Å²) in [6.45, 7) is 7.31. The van der Waals surface area contributed by atoms with Crippen molar-refractivity contribution in [2.24, 2.45) is 4.99 Å². The van der Waals surface area contributed by atoms with Crippen molar-refractivity contribution < 1.29 is 14.6 Å². The van der Waals surface area contributed by atoms with Crippen LogP contribution >= 0.6 is 24.0 Å². The maximum absolute atomic E-state index is 9.37. The Kier molecular flexibility index (Phi) is 14.6. The Morgan fingerprint density at radius 3 is 2.48 bits per heavy atom. The quantitative estimate of drug-likeness (QED) is 0.203. The molecule has 0 amide bonds. The highest BCUT2D eigenvalue weighted by Crippen LogP contribution is 2.11. The fraction of sp³-hybridized carbons (Fsp3) is 0.611. The molecule has 0 radical (unpaired) electrons. The number of methoxy groups -OCH3 is 1. The maximum atomic E-state index is 9.37. The summed E-state index contributed by atoms with van der Waals surface area (Å²) in [6.07, 6.45) is 1.29. The molecule has 0 fully saturated rings. The summed E-state index contributed by atoms with van der Waals surface area (Å²) in [5.41, 5.74) is 1.11. The number of benzene rings is 1. The van der Waals surface area contributed by atoms with Crippen LogP contribution < -0.4 is 15.4 Å². The van der Waals surface area contributed by atoms with Crippen LogP contribution in [0.3, 0.4) is 0 Å². The van der Waals surface area contributed by atoms with E-state index in [2.05, 4.69) is 15.6 Å². The van der Waals surface area contributed by atoms with Crippen molar-refractivity contribution in [3.8, 4) is 5.75 Å². The van der Waals surface area contributed by atoms with E-state index in [0.717, 1.165) is 43.5 Å². The summed E-state index contributed by atoms with van der Waals surface area (Å²) in [5.74, 6) is 1.59. The predicted octanol–water partition coefficient (Wildman–Crippen LogP) is 2.55. The molecule has 144 valence electrons. The molecule has 1 atom stereocenters. The van der Waals surface area contributed by atoms with Crippen LogP contribution in [-0.4, -0.2) is 50.6 Å². The second-order valence-electron chi connectivity index (χ2n) is 5.55. The predicted molar refractivity (Wildman–Crippen MR) is 113 cm³/mol. The average Bonchev–Trinajstić information content (AvgIpc) is 2.59. The van der Waals surface area contributed by atoms with Crippen LogP contribution in [0.2, 0.25) is 0 Å². The van der Waals surface area contributed by atoms with Crippen LogP contribution in [0, 0.1) is 0 Å². The van der Waals surface area contributed by atoms with E-state index in [1.807, 2.05) is 31.2 Å². The molecule has 1 aromatic rings. The Morgan fingerprint density at radius 1 is 1.20 bits per heavy atom. The molecule has 0 aromatic heterocycles. The van der Waals surface area contributed by atoms with Crippen LogP contribution in [0.15, 0.2) is 29.3 Å². The van der Waals surface area contributed by atoms with Gasteiger partial charge in [-0.15, -0.1) is 24.0 Å². The standard InChI is InChI=1S/C18H31N3O3.HI/c1-4-24-13-5-11-19-18(20-12-10-15(2)22)21-14-16-6-8-17(23-3)9-7-16;/h6-9,15,22H,4-5,10-14H2,1-3H3,(H2,19,20,21);1H. The van der Waals surface area contributed by atoms with E-state index < -0.39 is 0 Å². The van der Waals surface area contributed by atoms with Crippen molar-refractivity contribution in [3.05, 3.63) is 29.8 Å². The van der Waals surface area contributed by atoms with Gasteiger partial charge in [0.25, 0.3) is 0 Å². The molecule has 0 bridgehead atoms. The lowest BCUT2D eigenvalue weighted by atomic mass is 10.2. The third-order valence-electron chi connectivity index (χ3n) is 3.40. The first-order valence-corrected chi connectivity index (χ1v) is 8.56. The molecule has 0 aliphatic carbocycles. The summed E-state index contributed by atoms with van der Waals surface area (Å²) in [5, 5.41) is 15.9. The van der Waals surface area contributed by atoms with Gasteiger partial charge >= 0.3 is 0 Å². The first-order valence-electron chi connectivity index (χ1n) is 8.56. The van der Waals surface area contributed by atoms with Crippen molar-refractivity contribution in [3.63, 3.8) is 0 Å². The highest BCUT2D eigenvalue weighted by atomic mass is 127. The van der Waals surface area contributed by atoms with Crippen molar-refractivity contribution in [1.29, 1.82) is 0 Å². The zero-order valence-corrected chi connectivity index (χ0v) is 17.8. The number of ether oxygens (including phenoxy) is 2. The maximum Gasteiger partial charge on any atom is 0.191 e.